The van der Waals surface area contributed by atoms with Crippen LogP contribution in [0.2, 0.25) is 5.02 Å². The minimum absolute atomic E-state index is 0.0120. The van der Waals surface area contributed by atoms with Crippen LogP contribution in [0.3, 0.4) is 0 Å². The van der Waals surface area contributed by atoms with Crippen LogP contribution < -0.4 is 16.0 Å². The number of ether oxygens (including phenoxy) is 1. The van der Waals surface area contributed by atoms with Crippen LogP contribution in [0.15, 0.2) is 96.2 Å². The van der Waals surface area contributed by atoms with Crippen LogP contribution in [-0.2, 0) is 14.8 Å². The van der Waals surface area contributed by atoms with E-state index in [0.29, 0.717) is 22.2 Å². The third-order valence-electron chi connectivity index (χ3n) is 8.10. The first-order valence-corrected chi connectivity index (χ1v) is 17.9. The minimum atomic E-state index is -3.99. The zero-order valence-corrected chi connectivity index (χ0v) is 29.4. The lowest BCUT2D eigenvalue weighted by molar-refractivity contribution is -0.0467. The monoisotopic (exact) mass is 736 g/mol. The Hall–Kier alpha value is -5.08. The van der Waals surface area contributed by atoms with E-state index in [1.54, 1.807) is 63.2 Å². The van der Waals surface area contributed by atoms with E-state index in [4.69, 9.17) is 16.3 Å². The average Bonchev–Trinajstić information content (AvgIpc) is 3.45. The molecule has 3 N–H and O–H groups in total. The van der Waals surface area contributed by atoms with Gasteiger partial charge in [0, 0.05) is 53.3 Å². The number of rotatable bonds is 8. The molecular formula is C36H35ClF2N6O5S. The van der Waals surface area contributed by atoms with Gasteiger partial charge in [-0.2, -0.15) is 0 Å². The smallest absolute Gasteiger partial charge is 0.412 e. The highest BCUT2D eigenvalue weighted by Crippen LogP contribution is 2.38. The number of fused-ring (bicyclic) bond motifs is 1. The fourth-order valence-electron chi connectivity index (χ4n) is 5.98. The molecule has 3 aromatic carbocycles. The van der Waals surface area contributed by atoms with Gasteiger partial charge in [-0.05, 0) is 69.7 Å². The molecule has 0 radical (unpaired) electrons. The molecule has 2 amide bonds. The molecule has 11 nitrogen and oxygen atoms in total. The first-order valence-electron chi connectivity index (χ1n) is 16.1. The van der Waals surface area contributed by atoms with Crippen molar-refractivity contribution < 1.29 is 31.5 Å². The van der Waals surface area contributed by atoms with Crippen LogP contribution in [0.5, 0.6) is 0 Å². The Morgan fingerprint density at radius 1 is 0.961 bits per heavy atom. The van der Waals surface area contributed by atoms with Gasteiger partial charge in [-0.25, -0.2) is 35.9 Å². The predicted octanol–water partition coefficient (Wildman–Crippen LogP) is 7.73. The summed E-state index contributed by atoms with van der Waals surface area (Å²) in [6.45, 7) is 5.20. The van der Waals surface area contributed by atoms with Crippen molar-refractivity contribution >= 4 is 56.2 Å². The lowest BCUT2D eigenvalue weighted by Gasteiger charge is -2.35. The lowest BCUT2D eigenvalue weighted by atomic mass is 9.87. The number of hydrogen-bond acceptors (Lipinski definition) is 8. The van der Waals surface area contributed by atoms with Gasteiger partial charge in [0.15, 0.2) is 0 Å². The van der Waals surface area contributed by atoms with E-state index in [-0.39, 0.29) is 33.5 Å². The van der Waals surface area contributed by atoms with Crippen molar-refractivity contribution in [3.8, 4) is 11.3 Å². The SMILES string of the molecule is CC(C)(C)OC(=O)Nc1ccc(C(=O)NC2CC(Nc3ncc(Cl)c(-c4cn(S(=O)(=O)c5ccccc5)c5ccccc45)n3)CC(F)(F)C2)cc1. The number of para-hydroxylation sites is 1. The number of amides is 2. The number of nitrogens with one attached hydrogen (secondary N) is 3. The summed E-state index contributed by atoms with van der Waals surface area (Å²) < 4.78 is 63.7. The number of halogens is 3. The standard InChI is InChI=1S/C36H35ClF2N6O5S/c1-35(2,3)50-34(47)43-23-15-13-22(14-16-23)32(46)41-24-17-25(19-36(38,39)18-24)42-33-40-20-29(37)31(44-33)28-21-45(30-12-8-7-11-27(28)30)51(48,49)26-9-5-4-6-10-26/h4-16,20-21,24-25H,17-19H2,1-3H3,(H,41,46)(H,43,47)(H,40,42,44). The number of carbonyl (C=O) groups is 2. The second-order valence-electron chi connectivity index (χ2n) is 13.3. The molecule has 51 heavy (non-hydrogen) atoms. The Morgan fingerprint density at radius 3 is 2.33 bits per heavy atom. The Balaban J connectivity index is 1.19. The first-order chi connectivity index (χ1) is 24.1. The van der Waals surface area contributed by atoms with Gasteiger partial charge < -0.3 is 15.4 Å². The van der Waals surface area contributed by atoms with E-state index in [2.05, 4.69) is 25.9 Å². The molecule has 6 rings (SSSR count). The molecule has 15 heteroatoms. The van der Waals surface area contributed by atoms with Crippen LogP contribution in [0, 0.1) is 0 Å². The lowest BCUT2D eigenvalue weighted by Crippen LogP contribution is -2.48. The number of aromatic nitrogens is 3. The maximum absolute atomic E-state index is 15.0. The van der Waals surface area contributed by atoms with Crippen molar-refractivity contribution in [1.82, 2.24) is 19.3 Å². The number of benzene rings is 3. The van der Waals surface area contributed by atoms with Crippen molar-refractivity contribution in [1.29, 1.82) is 0 Å². The molecule has 0 bridgehead atoms. The molecule has 1 aliphatic carbocycles. The molecule has 1 aliphatic rings. The third kappa shape index (κ3) is 8.29. The van der Waals surface area contributed by atoms with Crippen molar-refractivity contribution in [3.05, 3.63) is 102 Å². The van der Waals surface area contributed by atoms with Gasteiger partial charge in [-0.15, -0.1) is 0 Å². The van der Waals surface area contributed by atoms with Gasteiger partial charge in [-0.3, -0.25) is 10.1 Å². The molecule has 0 aliphatic heterocycles. The van der Waals surface area contributed by atoms with Gasteiger partial charge in [0.25, 0.3) is 21.9 Å². The van der Waals surface area contributed by atoms with E-state index in [1.807, 2.05) is 0 Å². The summed E-state index contributed by atoms with van der Waals surface area (Å²) in [7, 11) is -3.99. The number of hydrogen-bond donors (Lipinski definition) is 3. The van der Waals surface area contributed by atoms with Crippen LogP contribution in [0.4, 0.5) is 25.2 Å². The summed E-state index contributed by atoms with van der Waals surface area (Å²) in [6.07, 6.45) is 1.17. The summed E-state index contributed by atoms with van der Waals surface area (Å²) in [5.74, 6) is -3.64. The molecule has 266 valence electrons. The number of anilines is 2. The number of carbonyl (C=O) groups excluding carboxylic acids is 2. The highest BCUT2D eigenvalue weighted by atomic mass is 35.5. The summed E-state index contributed by atoms with van der Waals surface area (Å²) >= 11 is 6.55. The van der Waals surface area contributed by atoms with Crippen LogP contribution >= 0.6 is 11.6 Å². The van der Waals surface area contributed by atoms with Gasteiger partial charge in [0.2, 0.25) is 5.95 Å². The maximum atomic E-state index is 15.0. The van der Waals surface area contributed by atoms with Gasteiger partial charge in [0.1, 0.15) is 5.60 Å². The van der Waals surface area contributed by atoms with E-state index in [1.165, 1.54) is 52.8 Å². The Kier molecular flexibility index (Phi) is 9.75. The fraction of sp³-hybridized carbons (Fsp3) is 0.278. The molecule has 0 saturated heterocycles. The first kappa shape index (κ1) is 35.7. The fourth-order valence-corrected chi connectivity index (χ4v) is 7.56. The molecule has 2 heterocycles. The molecule has 1 fully saturated rings. The Labute approximate surface area is 298 Å². The average molecular weight is 737 g/mol. The molecule has 2 atom stereocenters. The summed E-state index contributed by atoms with van der Waals surface area (Å²) in [5, 5.41) is 8.95. The Morgan fingerprint density at radius 2 is 1.63 bits per heavy atom. The Bertz CT molecular complexity index is 2190. The molecule has 2 unspecified atom stereocenters. The van der Waals surface area contributed by atoms with Gasteiger partial charge in [0.05, 0.1) is 27.3 Å². The summed E-state index contributed by atoms with van der Waals surface area (Å²) in [6, 6.07) is 19.2. The number of nitrogens with zero attached hydrogens (tertiary/aromatic N) is 3. The normalized spacial score (nSPS) is 17.5. The molecular weight excluding hydrogens is 702 g/mol. The van der Waals surface area contributed by atoms with Crippen molar-refractivity contribution in [2.45, 2.75) is 68.5 Å². The highest BCUT2D eigenvalue weighted by molar-refractivity contribution is 7.90. The second kappa shape index (κ2) is 13.9. The zero-order chi connectivity index (χ0) is 36.6. The van der Waals surface area contributed by atoms with E-state index < -0.39 is 58.5 Å². The minimum Gasteiger partial charge on any atom is -0.444 e. The quantitative estimate of drug-likeness (QED) is 0.147. The third-order valence-corrected chi connectivity index (χ3v) is 10.1. The molecule has 0 spiro atoms. The summed E-state index contributed by atoms with van der Waals surface area (Å²) in [5.41, 5.74) is 0.966. The zero-order valence-electron chi connectivity index (χ0n) is 27.9. The van der Waals surface area contributed by atoms with Crippen molar-refractivity contribution in [2.24, 2.45) is 0 Å². The maximum Gasteiger partial charge on any atom is 0.412 e. The van der Waals surface area contributed by atoms with Gasteiger partial charge >= 0.3 is 6.09 Å². The van der Waals surface area contributed by atoms with Crippen LogP contribution in [0.1, 0.15) is 50.4 Å². The molecule has 2 aromatic heterocycles. The molecule has 1 saturated carbocycles. The summed E-state index contributed by atoms with van der Waals surface area (Å²) in [4.78, 5) is 34.0. The van der Waals surface area contributed by atoms with Crippen LogP contribution in [0.25, 0.3) is 22.2 Å². The van der Waals surface area contributed by atoms with E-state index in [0.717, 1.165) is 0 Å². The molecule has 5 aromatic rings. The van der Waals surface area contributed by atoms with E-state index >= 15 is 8.78 Å². The number of alkyl halides is 2. The topological polar surface area (TPSA) is 144 Å². The second-order valence-corrected chi connectivity index (χ2v) is 15.5. The van der Waals surface area contributed by atoms with E-state index in [9.17, 15) is 18.0 Å². The van der Waals surface area contributed by atoms with Gasteiger partial charge in [-0.1, -0.05) is 48.0 Å². The predicted molar refractivity (Wildman–Crippen MR) is 191 cm³/mol. The van der Waals surface area contributed by atoms with Crippen molar-refractivity contribution in [2.75, 3.05) is 10.6 Å². The highest BCUT2D eigenvalue weighted by Gasteiger charge is 2.42. The largest absolute Gasteiger partial charge is 0.444 e. The van der Waals surface area contributed by atoms with Crippen molar-refractivity contribution in [3.63, 3.8) is 0 Å². The van der Waals surface area contributed by atoms with Crippen LogP contribution in [-0.4, -0.2) is 58.0 Å².